The molecular formula is C21H26N2O3S. The number of nitrogens with zero attached hydrogens (tertiary/aromatic N) is 1. The van der Waals surface area contributed by atoms with Crippen LogP contribution in [0.1, 0.15) is 30.5 Å². The van der Waals surface area contributed by atoms with Crippen LogP contribution in [0.2, 0.25) is 0 Å². The van der Waals surface area contributed by atoms with Crippen LogP contribution in [0.5, 0.6) is 5.75 Å². The number of nitrogens with one attached hydrogen (secondary N) is 1. The van der Waals surface area contributed by atoms with E-state index in [2.05, 4.69) is 17.4 Å². The number of rotatable bonds is 8. The molecule has 144 valence electrons. The Kier molecular flexibility index (Phi) is 7.73. The molecule has 0 aliphatic rings. The van der Waals surface area contributed by atoms with Crippen molar-refractivity contribution in [2.75, 3.05) is 20.4 Å². The fourth-order valence-electron chi connectivity index (χ4n) is 2.76. The summed E-state index contributed by atoms with van der Waals surface area (Å²) in [6.07, 6.45) is 2.23. The third kappa shape index (κ3) is 6.32. The molecule has 0 aliphatic carbocycles. The molecule has 0 saturated carbocycles. The van der Waals surface area contributed by atoms with Crippen LogP contribution in [0.4, 0.5) is 0 Å². The zero-order valence-corrected chi connectivity index (χ0v) is 17.0. The summed E-state index contributed by atoms with van der Waals surface area (Å²) in [5.74, 6) is 0.537. The minimum Gasteiger partial charge on any atom is -0.497 e. The van der Waals surface area contributed by atoms with Crippen LogP contribution in [-0.2, 0) is 16.1 Å². The van der Waals surface area contributed by atoms with Gasteiger partial charge in [-0.05, 0) is 41.6 Å². The molecular weight excluding hydrogens is 360 g/mol. The normalized spacial score (nSPS) is 11.6. The molecule has 0 bridgehead atoms. The molecule has 0 fully saturated rings. The third-order valence-electron chi connectivity index (χ3n) is 4.28. The summed E-state index contributed by atoms with van der Waals surface area (Å²) in [4.78, 5) is 27.2. The van der Waals surface area contributed by atoms with Crippen molar-refractivity contribution in [2.45, 2.75) is 30.8 Å². The SMILES string of the molecule is COc1ccc(C(CC(=O)N(C)Cc2ccc(SC)cc2)NC(C)=O)cc1. The molecule has 1 atom stereocenters. The third-order valence-corrected chi connectivity index (χ3v) is 5.02. The predicted molar refractivity (Wildman–Crippen MR) is 109 cm³/mol. The predicted octanol–water partition coefficient (Wildman–Crippen LogP) is 3.64. The highest BCUT2D eigenvalue weighted by Crippen LogP contribution is 2.22. The highest BCUT2D eigenvalue weighted by Gasteiger charge is 2.20. The lowest BCUT2D eigenvalue weighted by Gasteiger charge is -2.23. The van der Waals surface area contributed by atoms with Crippen molar-refractivity contribution in [3.05, 3.63) is 59.7 Å². The lowest BCUT2D eigenvalue weighted by atomic mass is 10.0. The maximum absolute atomic E-state index is 12.7. The monoisotopic (exact) mass is 386 g/mol. The van der Waals surface area contributed by atoms with Crippen LogP contribution in [0.15, 0.2) is 53.4 Å². The van der Waals surface area contributed by atoms with Gasteiger partial charge in [0, 0.05) is 25.4 Å². The van der Waals surface area contributed by atoms with E-state index in [4.69, 9.17) is 4.74 Å². The van der Waals surface area contributed by atoms with Crippen LogP contribution >= 0.6 is 11.8 Å². The van der Waals surface area contributed by atoms with E-state index in [0.29, 0.717) is 6.54 Å². The van der Waals surface area contributed by atoms with Crippen molar-refractivity contribution in [1.82, 2.24) is 10.2 Å². The van der Waals surface area contributed by atoms with Gasteiger partial charge in [0.05, 0.1) is 19.6 Å². The smallest absolute Gasteiger partial charge is 0.225 e. The molecule has 0 saturated heterocycles. The molecule has 5 nitrogen and oxygen atoms in total. The quantitative estimate of drug-likeness (QED) is 0.704. The largest absolute Gasteiger partial charge is 0.497 e. The van der Waals surface area contributed by atoms with Gasteiger partial charge in [0.2, 0.25) is 11.8 Å². The van der Waals surface area contributed by atoms with Gasteiger partial charge in [-0.3, -0.25) is 9.59 Å². The fourth-order valence-corrected chi connectivity index (χ4v) is 3.17. The highest BCUT2D eigenvalue weighted by atomic mass is 32.2. The Labute approximate surface area is 165 Å². The van der Waals surface area contributed by atoms with Gasteiger partial charge in [0.15, 0.2) is 0 Å². The minimum absolute atomic E-state index is 0.0292. The average molecular weight is 387 g/mol. The van der Waals surface area contributed by atoms with E-state index in [0.717, 1.165) is 16.9 Å². The van der Waals surface area contributed by atoms with Gasteiger partial charge in [-0.15, -0.1) is 11.8 Å². The van der Waals surface area contributed by atoms with Gasteiger partial charge in [-0.2, -0.15) is 0 Å². The summed E-state index contributed by atoms with van der Waals surface area (Å²) in [6.45, 7) is 1.99. The first-order valence-corrected chi connectivity index (χ1v) is 9.93. The number of thioether (sulfide) groups is 1. The molecule has 6 heteroatoms. The van der Waals surface area contributed by atoms with Crippen molar-refractivity contribution in [3.63, 3.8) is 0 Å². The van der Waals surface area contributed by atoms with Crippen LogP contribution in [0.25, 0.3) is 0 Å². The number of hydrogen-bond acceptors (Lipinski definition) is 4. The standard InChI is InChI=1S/C21H26N2O3S/c1-15(24)22-20(17-7-9-18(26-3)10-8-17)13-21(25)23(2)14-16-5-11-19(27-4)12-6-16/h5-12,20H,13-14H2,1-4H3,(H,22,24). The first-order valence-electron chi connectivity index (χ1n) is 8.71. The summed E-state index contributed by atoms with van der Waals surface area (Å²) >= 11 is 1.69. The molecule has 0 spiro atoms. The number of ether oxygens (including phenoxy) is 1. The fraction of sp³-hybridized carbons (Fsp3) is 0.333. The lowest BCUT2D eigenvalue weighted by molar-refractivity contribution is -0.131. The van der Waals surface area contributed by atoms with E-state index in [1.807, 2.05) is 42.7 Å². The molecule has 2 aromatic carbocycles. The Morgan fingerprint density at radius 1 is 1.11 bits per heavy atom. The van der Waals surface area contributed by atoms with Crippen LogP contribution < -0.4 is 10.1 Å². The van der Waals surface area contributed by atoms with Crippen molar-refractivity contribution in [3.8, 4) is 5.75 Å². The first kappa shape index (κ1) is 20.8. The number of methoxy groups -OCH3 is 1. The molecule has 2 aromatic rings. The Balaban J connectivity index is 2.05. The van der Waals surface area contributed by atoms with Gasteiger partial charge < -0.3 is 15.0 Å². The van der Waals surface area contributed by atoms with E-state index in [9.17, 15) is 9.59 Å². The minimum atomic E-state index is -0.373. The van der Waals surface area contributed by atoms with E-state index < -0.39 is 0 Å². The van der Waals surface area contributed by atoms with Crippen LogP contribution in [0.3, 0.4) is 0 Å². The van der Waals surface area contributed by atoms with E-state index in [-0.39, 0.29) is 24.3 Å². The zero-order valence-electron chi connectivity index (χ0n) is 16.2. The second-order valence-corrected chi connectivity index (χ2v) is 7.21. The van der Waals surface area contributed by atoms with Gasteiger partial charge >= 0.3 is 0 Å². The average Bonchev–Trinajstić information content (AvgIpc) is 2.67. The number of benzene rings is 2. The highest BCUT2D eigenvalue weighted by molar-refractivity contribution is 7.98. The Hall–Kier alpha value is -2.47. The molecule has 2 rings (SSSR count). The van der Waals surface area contributed by atoms with Crippen molar-refractivity contribution in [2.24, 2.45) is 0 Å². The maximum atomic E-state index is 12.7. The molecule has 27 heavy (non-hydrogen) atoms. The van der Waals surface area contributed by atoms with Crippen molar-refractivity contribution >= 4 is 23.6 Å². The van der Waals surface area contributed by atoms with E-state index in [1.54, 1.807) is 30.8 Å². The van der Waals surface area contributed by atoms with Crippen LogP contribution in [-0.4, -0.2) is 37.1 Å². The maximum Gasteiger partial charge on any atom is 0.225 e. The number of amides is 2. The Bertz CT molecular complexity index is 760. The van der Waals surface area contributed by atoms with E-state index in [1.165, 1.54) is 11.8 Å². The number of carbonyl (C=O) groups is 2. The van der Waals surface area contributed by atoms with Gasteiger partial charge in [-0.1, -0.05) is 24.3 Å². The van der Waals surface area contributed by atoms with Gasteiger partial charge in [0.25, 0.3) is 0 Å². The first-order chi connectivity index (χ1) is 12.9. The van der Waals surface area contributed by atoms with Gasteiger partial charge in [-0.25, -0.2) is 0 Å². The summed E-state index contributed by atoms with van der Waals surface area (Å²) in [6, 6.07) is 15.2. The summed E-state index contributed by atoms with van der Waals surface area (Å²) in [5.41, 5.74) is 1.95. The van der Waals surface area contributed by atoms with Crippen molar-refractivity contribution < 1.29 is 14.3 Å². The molecule has 1 N–H and O–H groups in total. The summed E-state index contributed by atoms with van der Waals surface area (Å²) in [5, 5.41) is 2.87. The zero-order chi connectivity index (χ0) is 19.8. The Morgan fingerprint density at radius 2 is 1.74 bits per heavy atom. The summed E-state index contributed by atoms with van der Waals surface area (Å²) in [7, 11) is 3.38. The van der Waals surface area contributed by atoms with Gasteiger partial charge in [0.1, 0.15) is 5.75 Å². The second kappa shape index (κ2) is 10.0. The molecule has 0 radical (unpaired) electrons. The second-order valence-electron chi connectivity index (χ2n) is 6.33. The molecule has 0 heterocycles. The lowest BCUT2D eigenvalue weighted by Crippen LogP contribution is -2.33. The topological polar surface area (TPSA) is 58.6 Å². The van der Waals surface area contributed by atoms with Crippen LogP contribution in [0, 0.1) is 0 Å². The molecule has 0 aromatic heterocycles. The molecule has 2 amide bonds. The summed E-state index contributed by atoms with van der Waals surface area (Å²) < 4.78 is 5.17. The molecule has 0 aliphatic heterocycles. The molecule has 1 unspecified atom stereocenters. The Morgan fingerprint density at radius 3 is 2.26 bits per heavy atom. The van der Waals surface area contributed by atoms with Crippen molar-refractivity contribution in [1.29, 1.82) is 0 Å². The number of carbonyl (C=O) groups excluding carboxylic acids is 2. The van der Waals surface area contributed by atoms with E-state index >= 15 is 0 Å². The number of hydrogen-bond donors (Lipinski definition) is 1.